The van der Waals surface area contributed by atoms with Gasteiger partial charge in [0.25, 0.3) is 0 Å². The second kappa shape index (κ2) is 6.55. The highest BCUT2D eigenvalue weighted by Crippen LogP contribution is 2.26. The summed E-state index contributed by atoms with van der Waals surface area (Å²) in [5.41, 5.74) is 1.32. The van der Waals surface area contributed by atoms with E-state index in [-0.39, 0.29) is 11.8 Å². The molecular formula is C15H21NO2. The summed E-state index contributed by atoms with van der Waals surface area (Å²) in [4.78, 5) is 11.2. The van der Waals surface area contributed by atoms with Crippen molar-refractivity contribution >= 4 is 5.91 Å². The largest absolute Gasteiger partial charge is 0.381 e. The zero-order chi connectivity index (χ0) is 12.8. The summed E-state index contributed by atoms with van der Waals surface area (Å²) in [5, 5.41) is 2.85. The highest BCUT2D eigenvalue weighted by atomic mass is 16.5. The molecule has 0 bridgehead atoms. The van der Waals surface area contributed by atoms with Gasteiger partial charge in [-0.3, -0.25) is 4.79 Å². The molecule has 2 fully saturated rings. The van der Waals surface area contributed by atoms with E-state index in [1.807, 2.05) is 18.2 Å². The lowest BCUT2D eigenvalue weighted by atomic mass is 9.91. The molecule has 18 heavy (non-hydrogen) atoms. The summed E-state index contributed by atoms with van der Waals surface area (Å²) < 4.78 is 5.24. The maximum atomic E-state index is 11.2. The van der Waals surface area contributed by atoms with Gasteiger partial charge in [-0.05, 0) is 25.7 Å². The summed E-state index contributed by atoms with van der Waals surface area (Å²) in [7, 11) is 0. The minimum Gasteiger partial charge on any atom is -0.381 e. The molecule has 2 aliphatic rings. The Labute approximate surface area is 109 Å². The normalized spacial score (nSPS) is 26.4. The van der Waals surface area contributed by atoms with E-state index in [1.54, 1.807) is 0 Å². The van der Waals surface area contributed by atoms with Crippen molar-refractivity contribution in [1.29, 1.82) is 0 Å². The van der Waals surface area contributed by atoms with Gasteiger partial charge >= 0.3 is 0 Å². The average molecular weight is 247 g/mol. The Balaban J connectivity index is 0.000000149. The molecule has 3 rings (SSSR count). The molecule has 1 amide bonds. The molecule has 0 saturated carbocycles. The van der Waals surface area contributed by atoms with Crippen molar-refractivity contribution in [3.05, 3.63) is 35.9 Å². The van der Waals surface area contributed by atoms with Crippen molar-refractivity contribution in [3.8, 4) is 0 Å². The lowest BCUT2D eigenvalue weighted by Crippen LogP contribution is -2.25. The third-order valence-electron chi connectivity index (χ3n) is 3.57. The van der Waals surface area contributed by atoms with Crippen LogP contribution in [0.3, 0.4) is 0 Å². The Hall–Kier alpha value is -1.35. The maximum Gasteiger partial charge on any atom is 0.223 e. The van der Waals surface area contributed by atoms with E-state index < -0.39 is 0 Å². The number of hydrogen-bond acceptors (Lipinski definition) is 2. The van der Waals surface area contributed by atoms with Crippen molar-refractivity contribution in [2.24, 2.45) is 11.8 Å². The highest BCUT2D eigenvalue weighted by Gasteiger charge is 2.33. The minimum atomic E-state index is 0.237. The van der Waals surface area contributed by atoms with Crippen LogP contribution in [0.1, 0.15) is 18.4 Å². The predicted octanol–water partition coefficient (Wildman–Crippen LogP) is 2.15. The fourth-order valence-electron chi connectivity index (χ4n) is 2.47. The van der Waals surface area contributed by atoms with Gasteiger partial charge in [0.2, 0.25) is 5.91 Å². The first-order valence-corrected chi connectivity index (χ1v) is 6.64. The van der Waals surface area contributed by atoms with Crippen LogP contribution < -0.4 is 5.32 Å². The fourth-order valence-corrected chi connectivity index (χ4v) is 2.47. The Morgan fingerprint density at radius 1 is 1.22 bits per heavy atom. The van der Waals surface area contributed by atoms with Gasteiger partial charge in [-0.1, -0.05) is 35.9 Å². The van der Waals surface area contributed by atoms with Gasteiger partial charge in [-0.2, -0.15) is 0 Å². The second-order valence-corrected chi connectivity index (χ2v) is 4.96. The van der Waals surface area contributed by atoms with Crippen LogP contribution in [0.4, 0.5) is 0 Å². The molecule has 2 atom stereocenters. The Morgan fingerprint density at radius 2 is 2.00 bits per heavy atom. The smallest absolute Gasteiger partial charge is 0.223 e. The number of benzene rings is 1. The lowest BCUT2D eigenvalue weighted by Gasteiger charge is -2.12. The highest BCUT2D eigenvalue weighted by molar-refractivity contribution is 5.80. The Morgan fingerprint density at radius 3 is 2.44 bits per heavy atom. The van der Waals surface area contributed by atoms with Crippen LogP contribution in [0.15, 0.2) is 30.3 Å². The van der Waals surface area contributed by atoms with E-state index in [0.717, 1.165) is 32.6 Å². The molecule has 1 aromatic carbocycles. The fraction of sp³-hybridized carbons (Fsp3) is 0.533. The summed E-state index contributed by atoms with van der Waals surface area (Å²) in [5.74, 6) is 0.982. The molecule has 3 heteroatoms. The zero-order valence-electron chi connectivity index (χ0n) is 10.9. The van der Waals surface area contributed by atoms with Gasteiger partial charge in [0.15, 0.2) is 0 Å². The van der Waals surface area contributed by atoms with Gasteiger partial charge in [-0.25, -0.2) is 0 Å². The van der Waals surface area contributed by atoms with Crippen LogP contribution in [0.25, 0.3) is 0 Å². The molecule has 2 saturated heterocycles. The van der Waals surface area contributed by atoms with Crippen molar-refractivity contribution in [3.63, 3.8) is 0 Å². The second-order valence-electron chi connectivity index (χ2n) is 4.96. The zero-order valence-corrected chi connectivity index (χ0v) is 10.9. The molecule has 1 aromatic rings. The quantitative estimate of drug-likeness (QED) is 0.826. The first kappa shape index (κ1) is 13.1. The molecule has 3 nitrogen and oxygen atoms in total. The number of nitrogens with one attached hydrogen (secondary N) is 1. The number of aryl methyl sites for hydroxylation is 1. The SMILES string of the molecule is Cc1ccccc1.O=C1NCCC1C1CCOC1. The number of hydrogen-bond donors (Lipinski definition) is 1. The van der Waals surface area contributed by atoms with Gasteiger partial charge in [-0.15, -0.1) is 0 Å². The van der Waals surface area contributed by atoms with Gasteiger partial charge in [0.05, 0.1) is 6.61 Å². The van der Waals surface area contributed by atoms with E-state index in [9.17, 15) is 4.79 Å². The summed E-state index contributed by atoms with van der Waals surface area (Å²) in [6.07, 6.45) is 2.07. The molecule has 0 radical (unpaired) electrons. The number of rotatable bonds is 1. The third-order valence-corrected chi connectivity index (χ3v) is 3.57. The molecule has 1 N–H and O–H groups in total. The minimum absolute atomic E-state index is 0.237. The molecule has 0 aromatic heterocycles. The first-order chi connectivity index (χ1) is 8.77. The molecule has 0 spiro atoms. The van der Waals surface area contributed by atoms with Gasteiger partial charge < -0.3 is 10.1 Å². The van der Waals surface area contributed by atoms with Crippen LogP contribution in [0.2, 0.25) is 0 Å². The van der Waals surface area contributed by atoms with E-state index >= 15 is 0 Å². The maximum absolute atomic E-state index is 11.2. The Bertz CT molecular complexity index is 371. The number of amides is 1. The van der Waals surface area contributed by atoms with Crippen molar-refractivity contribution in [2.75, 3.05) is 19.8 Å². The van der Waals surface area contributed by atoms with E-state index in [4.69, 9.17) is 4.74 Å². The van der Waals surface area contributed by atoms with Crippen molar-refractivity contribution < 1.29 is 9.53 Å². The Kier molecular flexibility index (Phi) is 4.76. The van der Waals surface area contributed by atoms with Gasteiger partial charge in [0.1, 0.15) is 0 Å². The van der Waals surface area contributed by atoms with Gasteiger partial charge in [0, 0.05) is 19.1 Å². The average Bonchev–Trinajstić information content (AvgIpc) is 3.01. The predicted molar refractivity (Wildman–Crippen MR) is 71.2 cm³/mol. The monoisotopic (exact) mass is 247 g/mol. The van der Waals surface area contributed by atoms with E-state index in [2.05, 4.69) is 24.4 Å². The summed E-state index contributed by atoms with van der Waals surface area (Å²) in [6, 6.07) is 10.3. The van der Waals surface area contributed by atoms with Crippen LogP contribution in [-0.4, -0.2) is 25.7 Å². The number of carbonyl (C=O) groups excluding carboxylic acids is 1. The molecule has 2 aliphatic heterocycles. The molecule has 2 heterocycles. The summed E-state index contributed by atoms with van der Waals surface area (Å²) in [6.45, 7) is 4.58. The number of carbonyl (C=O) groups is 1. The number of ether oxygens (including phenoxy) is 1. The lowest BCUT2D eigenvalue weighted by molar-refractivity contribution is -0.123. The molecule has 0 aliphatic carbocycles. The standard InChI is InChI=1S/C8H13NO2.C7H8/c10-8-7(1-3-9-8)6-2-4-11-5-6;1-7-5-3-2-4-6-7/h6-7H,1-5H2,(H,9,10);2-6H,1H3. The molecule has 2 unspecified atom stereocenters. The van der Waals surface area contributed by atoms with Crippen molar-refractivity contribution in [1.82, 2.24) is 5.32 Å². The van der Waals surface area contributed by atoms with E-state index in [1.165, 1.54) is 5.56 Å². The van der Waals surface area contributed by atoms with Crippen LogP contribution in [0.5, 0.6) is 0 Å². The van der Waals surface area contributed by atoms with Crippen LogP contribution in [-0.2, 0) is 9.53 Å². The summed E-state index contributed by atoms with van der Waals surface area (Å²) >= 11 is 0. The third kappa shape index (κ3) is 3.57. The van der Waals surface area contributed by atoms with Crippen molar-refractivity contribution in [2.45, 2.75) is 19.8 Å². The van der Waals surface area contributed by atoms with Crippen LogP contribution in [0, 0.1) is 18.8 Å². The van der Waals surface area contributed by atoms with E-state index in [0.29, 0.717) is 5.92 Å². The van der Waals surface area contributed by atoms with Crippen LogP contribution >= 0.6 is 0 Å². The molecule has 98 valence electrons. The topological polar surface area (TPSA) is 38.3 Å². The first-order valence-electron chi connectivity index (χ1n) is 6.64. The molecular weight excluding hydrogens is 226 g/mol.